The van der Waals surface area contributed by atoms with E-state index in [4.69, 9.17) is 23.8 Å². The average molecular weight is 507 g/mol. The Bertz CT molecular complexity index is 1140. The molecule has 0 aliphatic rings. The molecular weight excluding hydrogens is 485 g/mol. The molecule has 0 saturated carbocycles. The van der Waals surface area contributed by atoms with Gasteiger partial charge >= 0.3 is 6.18 Å². The number of thiocarbonyl (C=S) groups is 1. The predicted molar refractivity (Wildman–Crippen MR) is 133 cm³/mol. The van der Waals surface area contributed by atoms with Gasteiger partial charge in [-0.3, -0.25) is 10.3 Å². The van der Waals surface area contributed by atoms with Gasteiger partial charge in [-0.25, -0.2) is 9.97 Å². The third-order valence-corrected chi connectivity index (χ3v) is 4.95. The van der Waals surface area contributed by atoms with Crippen LogP contribution in [0.25, 0.3) is 0 Å². The number of anilines is 2. The Morgan fingerprint density at radius 1 is 0.971 bits per heavy atom. The highest BCUT2D eigenvalue weighted by Crippen LogP contribution is 2.29. The molecule has 34 heavy (non-hydrogen) atoms. The van der Waals surface area contributed by atoms with E-state index in [9.17, 15) is 13.2 Å². The second-order valence-electron chi connectivity index (χ2n) is 7.36. The number of benzene rings is 2. The van der Waals surface area contributed by atoms with Crippen LogP contribution in [-0.2, 0) is 12.6 Å². The Kier molecular flexibility index (Phi) is 8.41. The monoisotopic (exact) mass is 506 g/mol. The number of rotatable bonds is 5. The van der Waals surface area contributed by atoms with E-state index in [1.54, 1.807) is 0 Å². The van der Waals surface area contributed by atoms with Crippen molar-refractivity contribution in [3.8, 4) is 0 Å². The summed E-state index contributed by atoms with van der Waals surface area (Å²) in [4.78, 5) is 13.2. The van der Waals surface area contributed by atoms with Crippen molar-refractivity contribution >= 4 is 46.5 Å². The van der Waals surface area contributed by atoms with Crippen molar-refractivity contribution in [3.05, 3.63) is 82.1 Å². The molecule has 0 radical (unpaired) electrons. The Balaban J connectivity index is 1.71. The van der Waals surface area contributed by atoms with E-state index in [-0.39, 0.29) is 5.11 Å². The fourth-order valence-electron chi connectivity index (χ4n) is 2.96. The number of halogens is 4. The van der Waals surface area contributed by atoms with E-state index < -0.39 is 11.7 Å². The van der Waals surface area contributed by atoms with E-state index in [2.05, 4.69) is 30.9 Å². The maximum Gasteiger partial charge on any atom is 0.416 e. The Labute approximate surface area is 205 Å². The standard InChI is InChI=1S/C23H22ClF3N6S/c1-14-13-15(2)30-21(29-14)32-20(28-12-11-16-3-7-18(24)8-4-16)33-22(34)31-19-9-5-17(6-10-19)23(25,26)27/h3-10,13H,11-12H2,1-2H3,(H3,28,29,30,31,32,33,34). The van der Waals surface area contributed by atoms with Crippen LogP contribution in [0.15, 0.2) is 59.6 Å². The van der Waals surface area contributed by atoms with Crippen LogP contribution in [0.4, 0.5) is 24.8 Å². The number of aryl methyl sites for hydroxylation is 2. The van der Waals surface area contributed by atoms with Crippen LogP contribution in [0, 0.1) is 13.8 Å². The minimum atomic E-state index is -4.41. The summed E-state index contributed by atoms with van der Waals surface area (Å²) in [6, 6.07) is 13.9. The molecule has 0 aliphatic heterocycles. The summed E-state index contributed by atoms with van der Waals surface area (Å²) in [6.07, 6.45) is -3.76. The van der Waals surface area contributed by atoms with E-state index >= 15 is 0 Å². The van der Waals surface area contributed by atoms with Crippen LogP contribution in [0.1, 0.15) is 22.5 Å². The average Bonchev–Trinajstić information content (AvgIpc) is 2.74. The highest BCUT2D eigenvalue weighted by atomic mass is 35.5. The van der Waals surface area contributed by atoms with Crippen molar-refractivity contribution in [1.82, 2.24) is 15.3 Å². The van der Waals surface area contributed by atoms with E-state index in [0.717, 1.165) is 29.1 Å². The fraction of sp³-hybridized carbons (Fsp3) is 0.217. The second-order valence-corrected chi connectivity index (χ2v) is 8.21. The summed E-state index contributed by atoms with van der Waals surface area (Å²) in [5, 5.41) is 9.60. The quantitative estimate of drug-likeness (QED) is 0.232. The molecule has 1 heterocycles. The summed E-state index contributed by atoms with van der Waals surface area (Å²) in [6.45, 7) is 4.12. The zero-order valence-electron chi connectivity index (χ0n) is 18.4. The van der Waals surface area contributed by atoms with Crippen LogP contribution in [0.2, 0.25) is 5.02 Å². The van der Waals surface area contributed by atoms with Gasteiger partial charge < -0.3 is 10.6 Å². The van der Waals surface area contributed by atoms with Crippen LogP contribution in [0.5, 0.6) is 0 Å². The molecule has 0 spiro atoms. The molecule has 0 atom stereocenters. The van der Waals surface area contributed by atoms with Gasteiger partial charge in [0, 0.05) is 28.6 Å². The molecule has 1 aromatic heterocycles. The van der Waals surface area contributed by atoms with Gasteiger partial charge in [-0.1, -0.05) is 23.7 Å². The molecule has 0 fully saturated rings. The Hall–Kier alpha value is -3.24. The topological polar surface area (TPSA) is 74.2 Å². The highest BCUT2D eigenvalue weighted by molar-refractivity contribution is 7.80. The molecule has 0 amide bonds. The highest BCUT2D eigenvalue weighted by Gasteiger charge is 2.29. The fourth-order valence-corrected chi connectivity index (χ4v) is 3.30. The van der Waals surface area contributed by atoms with E-state index in [1.165, 1.54) is 12.1 Å². The first-order valence-electron chi connectivity index (χ1n) is 10.2. The number of nitrogens with zero attached hydrogens (tertiary/aromatic N) is 3. The minimum Gasteiger partial charge on any atom is -0.332 e. The van der Waals surface area contributed by atoms with Crippen LogP contribution < -0.4 is 16.0 Å². The summed E-state index contributed by atoms with van der Waals surface area (Å²) in [5.41, 5.74) is 2.27. The molecule has 3 N–H and O–H groups in total. The second kappa shape index (κ2) is 11.3. The van der Waals surface area contributed by atoms with Crippen molar-refractivity contribution in [3.63, 3.8) is 0 Å². The molecule has 0 unspecified atom stereocenters. The van der Waals surface area contributed by atoms with Gasteiger partial charge in [-0.2, -0.15) is 13.2 Å². The van der Waals surface area contributed by atoms with Gasteiger partial charge in [0.25, 0.3) is 0 Å². The van der Waals surface area contributed by atoms with Gasteiger partial charge in [0.15, 0.2) is 5.11 Å². The van der Waals surface area contributed by atoms with Crippen LogP contribution in [-0.4, -0.2) is 27.6 Å². The van der Waals surface area contributed by atoms with Gasteiger partial charge in [0.2, 0.25) is 11.9 Å². The van der Waals surface area contributed by atoms with Gasteiger partial charge in [0.1, 0.15) is 0 Å². The lowest BCUT2D eigenvalue weighted by molar-refractivity contribution is -0.137. The molecular formula is C23H22ClF3N6S. The number of aliphatic imine (C=N–C) groups is 1. The summed E-state index contributed by atoms with van der Waals surface area (Å²) < 4.78 is 38.3. The Morgan fingerprint density at radius 3 is 2.18 bits per heavy atom. The molecule has 178 valence electrons. The van der Waals surface area contributed by atoms with Gasteiger partial charge in [-0.15, -0.1) is 0 Å². The zero-order chi connectivity index (χ0) is 24.7. The lowest BCUT2D eigenvalue weighted by Gasteiger charge is -2.15. The van der Waals surface area contributed by atoms with Crippen molar-refractivity contribution in [2.24, 2.45) is 4.99 Å². The number of aromatic nitrogens is 2. The van der Waals surface area contributed by atoms with Gasteiger partial charge in [0.05, 0.1) is 5.56 Å². The van der Waals surface area contributed by atoms with E-state index in [1.807, 2.05) is 44.2 Å². The Morgan fingerprint density at radius 2 is 1.59 bits per heavy atom. The molecule has 11 heteroatoms. The lowest BCUT2D eigenvalue weighted by Crippen LogP contribution is -2.39. The molecule has 0 saturated heterocycles. The van der Waals surface area contributed by atoms with Crippen LogP contribution >= 0.6 is 23.8 Å². The molecule has 3 aromatic rings. The maximum absolute atomic E-state index is 12.8. The molecule has 3 rings (SSSR count). The van der Waals surface area contributed by atoms with E-state index in [0.29, 0.717) is 35.6 Å². The lowest BCUT2D eigenvalue weighted by atomic mass is 10.1. The number of nitrogens with one attached hydrogen (secondary N) is 3. The SMILES string of the molecule is Cc1cc(C)nc(NC(=NCCc2ccc(Cl)cc2)NC(=S)Nc2ccc(C(F)(F)F)cc2)n1. The first-order chi connectivity index (χ1) is 16.1. The smallest absolute Gasteiger partial charge is 0.332 e. The first-order valence-corrected chi connectivity index (χ1v) is 11.0. The molecule has 0 aliphatic carbocycles. The van der Waals surface area contributed by atoms with Crippen molar-refractivity contribution in [2.75, 3.05) is 17.2 Å². The summed E-state index contributed by atoms with van der Waals surface area (Å²) in [7, 11) is 0. The van der Waals surface area contributed by atoms with Crippen LogP contribution in [0.3, 0.4) is 0 Å². The summed E-state index contributed by atoms with van der Waals surface area (Å²) >= 11 is 11.3. The first kappa shape index (κ1) is 25.4. The predicted octanol–water partition coefficient (Wildman–Crippen LogP) is 5.76. The number of hydrogen-bond donors (Lipinski definition) is 3. The molecule has 2 aromatic carbocycles. The normalized spacial score (nSPS) is 11.8. The van der Waals surface area contributed by atoms with Crippen molar-refractivity contribution in [1.29, 1.82) is 0 Å². The minimum absolute atomic E-state index is 0.141. The van der Waals surface area contributed by atoms with Crippen molar-refractivity contribution < 1.29 is 13.2 Å². The third-order valence-electron chi connectivity index (χ3n) is 4.50. The third kappa shape index (κ3) is 7.96. The molecule has 6 nitrogen and oxygen atoms in total. The number of hydrogen-bond acceptors (Lipinski definition) is 4. The zero-order valence-corrected chi connectivity index (χ0v) is 19.9. The maximum atomic E-state index is 12.8. The number of guanidine groups is 1. The van der Waals surface area contributed by atoms with Crippen molar-refractivity contribution in [2.45, 2.75) is 26.4 Å². The largest absolute Gasteiger partial charge is 0.416 e. The number of alkyl halides is 3. The van der Waals surface area contributed by atoms with Gasteiger partial charge in [-0.05, 0) is 80.5 Å². The molecule has 0 bridgehead atoms. The summed E-state index contributed by atoms with van der Waals surface area (Å²) in [5.74, 6) is 0.635.